The van der Waals surface area contributed by atoms with E-state index in [0.717, 1.165) is 29.9 Å². The number of fused-ring (bicyclic) bond motifs is 1. The Kier molecular flexibility index (Phi) is 3.16. The second-order valence-corrected chi connectivity index (χ2v) is 5.79. The summed E-state index contributed by atoms with van der Waals surface area (Å²) < 4.78 is 5.43. The molecule has 1 atom stereocenters. The van der Waals surface area contributed by atoms with Crippen molar-refractivity contribution in [3.8, 4) is 0 Å². The Hall–Kier alpha value is -1.59. The average molecular weight is 277 g/mol. The molecule has 2 aromatic rings. The molecule has 3 rings (SSSR count). The van der Waals surface area contributed by atoms with Gasteiger partial charge in [-0.1, -0.05) is 0 Å². The van der Waals surface area contributed by atoms with Crippen LogP contribution in [0.3, 0.4) is 0 Å². The minimum absolute atomic E-state index is 0.547. The summed E-state index contributed by atoms with van der Waals surface area (Å²) in [5, 5.41) is 11.5. The number of aryl methyl sites for hydroxylation is 1. The van der Waals surface area contributed by atoms with Crippen molar-refractivity contribution >= 4 is 17.3 Å². The highest BCUT2D eigenvalue weighted by atomic mass is 32.1. The molecule has 1 aliphatic rings. The zero-order valence-electron chi connectivity index (χ0n) is 10.6. The lowest BCUT2D eigenvalue weighted by molar-refractivity contribution is -0.144. The van der Waals surface area contributed by atoms with Crippen LogP contribution in [0.4, 0.5) is 0 Å². The fraction of sp³-hybridized carbons (Fsp3) is 0.357. The molecule has 4 nitrogen and oxygen atoms in total. The second kappa shape index (κ2) is 4.83. The maximum Gasteiger partial charge on any atom is 0.325 e. The van der Waals surface area contributed by atoms with Crippen molar-refractivity contribution in [1.29, 1.82) is 0 Å². The third kappa shape index (κ3) is 2.19. The zero-order valence-corrected chi connectivity index (χ0v) is 11.4. The first-order valence-corrected chi connectivity index (χ1v) is 7.11. The van der Waals surface area contributed by atoms with E-state index in [1.165, 1.54) is 4.88 Å². The van der Waals surface area contributed by atoms with Crippen LogP contribution in [-0.2, 0) is 17.8 Å². The molecule has 0 fully saturated rings. The Morgan fingerprint density at radius 1 is 1.58 bits per heavy atom. The maximum absolute atomic E-state index is 11.6. The maximum atomic E-state index is 11.6. The monoisotopic (exact) mass is 277 g/mol. The first kappa shape index (κ1) is 12.4. The van der Waals surface area contributed by atoms with Crippen LogP contribution in [0.5, 0.6) is 0 Å². The molecule has 1 N–H and O–H groups in total. The van der Waals surface area contributed by atoms with Gasteiger partial charge in [0.2, 0.25) is 0 Å². The molecule has 0 saturated heterocycles. The minimum Gasteiger partial charge on any atom is -0.480 e. The number of hydrogen-bond donors (Lipinski definition) is 1. The molecule has 0 aromatic carbocycles. The van der Waals surface area contributed by atoms with Gasteiger partial charge < -0.3 is 9.52 Å². The highest BCUT2D eigenvalue weighted by molar-refractivity contribution is 7.10. The summed E-state index contributed by atoms with van der Waals surface area (Å²) in [5.41, 5.74) is 2.01. The second-order valence-electron chi connectivity index (χ2n) is 4.79. The number of carboxylic acids is 1. The molecule has 0 aliphatic carbocycles. The Morgan fingerprint density at radius 3 is 3.11 bits per heavy atom. The van der Waals surface area contributed by atoms with Crippen molar-refractivity contribution in [2.75, 3.05) is 6.54 Å². The van der Waals surface area contributed by atoms with Gasteiger partial charge in [-0.05, 0) is 42.0 Å². The molecule has 0 saturated carbocycles. The van der Waals surface area contributed by atoms with E-state index in [-0.39, 0.29) is 0 Å². The van der Waals surface area contributed by atoms with Crippen molar-refractivity contribution in [1.82, 2.24) is 4.90 Å². The Bertz CT molecular complexity index is 601. The third-order valence-corrected chi connectivity index (χ3v) is 4.61. The Morgan fingerprint density at radius 2 is 2.42 bits per heavy atom. The minimum atomic E-state index is -0.788. The largest absolute Gasteiger partial charge is 0.480 e. The van der Waals surface area contributed by atoms with Gasteiger partial charge in [0.25, 0.3) is 0 Å². The molecule has 0 spiro atoms. The number of hydrogen-bond acceptors (Lipinski definition) is 4. The van der Waals surface area contributed by atoms with Gasteiger partial charge in [-0.2, -0.15) is 0 Å². The Balaban J connectivity index is 1.90. The lowest BCUT2D eigenvalue weighted by atomic mass is 10.00. The van der Waals surface area contributed by atoms with E-state index >= 15 is 0 Å². The van der Waals surface area contributed by atoms with Crippen LogP contribution in [0.25, 0.3) is 0 Å². The van der Waals surface area contributed by atoms with Crippen molar-refractivity contribution in [3.05, 3.63) is 45.5 Å². The molecule has 3 heterocycles. The Labute approximate surface area is 115 Å². The van der Waals surface area contributed by atoms with Crippen LogP contribution >= 0.6 is 11.3 Å². The first-order valence-electron chi connectivity index (χ1n) is 6.23. The average Bonchev–Trinajstić information content (AvgIpc) is 2.98. The van der Waals surface area contributed by atoms with Gasteiger partial charge in [-0.15, -0.1) is 11.3 Å². The smallest absolute Gasteiger partial charge is 0.325 e. The van der Waals surface area contributed by atoms with Gasteiger partial charge >= 0.3 is 5.97 Å². The van der Waals surface area contributed by atoms with Crippen LogP contribution in [0.15, 0.2) is 28.2 Å². The molecular weight excluding hydrogens is 262 g/mol. The van der Waals surface area contributed by atoms with E-state index in [2.05, 4.69) is 0 Å². The molecule has 0 radical (unpaired) electrons. The van der Waals surface area contributed by atoms with Gasteiger partial charge in [-0.3, -0.25) is 9.69 Å². The number of thiophene rings is 1. The van der Waals surface area contributed by atoms with Gasteiger partial charge in [0.1, 0.15) is 11.8 Å². The van der Waals surface area contributed by atoms with Crippen LogP contribution in [0, 0.1) is 6.92 Å². The highest BCUT2D eigenvalue weighted by Crippen LogP contribution is 2.34. The lowest BCUT2D eigenvalue weighted by Crippen LogP contribution is -2.38. The summed E-state index contributed by atoms with van der Waals surface area (Å²) >= 11 is 1.65. The number of carboxylic acid groups (broad SMARTS) is 1. The summed E-state index contributed by atoms with van der Waals surface area (Å²) in [6, 6.07) is 3.28. The molecule has 5 heteroatoms. The fourth-order valence-electron chi connectivity index (χ4n) is 2.58. The molecular formula is C14H15NO3S. The van der Waals surface area contributed by atoms with Crippen molar-refractivity contribution in [2.24, 2.45) is 0 Å². The fourth-order valence-corrected chi connectivity index (χ4v) is 3.48. The van der Waals surface area contributed by atoms with Crippen molar-refractivity contribution < 1.29 is 14.3 Å². The van der Waals surface area contributed by atoms with Crippen molar-refractivity contribution in [3.63, 3.8) is 0 Å². The molecule has 2 aromatic heterocycles. The van der Waals surface area contributed by atoms with Gasteiger partial charge in [0.05, 0.1) is 12.8 Å². The summed E-state index contributed by atoms with van der Waals surface area (Å²) in [6.45, 7) is 3.28. The summed E-state index contributed by atoms with van der Waals surface area (Å²) in [7, 11) is 0. The predicted molar refractivity (Wildman–Crippen MR) is 72.3 cm³/mol. The standard InChI is InChI=1S/C14H15NO3S/c1-9-3-6-18-11(9)8-15-5-2-12-10(4-7-19-12)13(15)14(16)17/h3-4,6-7,13H,2,5,8H2,1H3,(H,16,17). The molecule has 1 aliphatic heterocycles. The molecule has 0 bridgehead atoms. The van der Waals surface area contributed by atoms with Gasteiger partial charge in [0, 0.05) is 11.4 Å². The van der Waals surface area contributed by atoms with E-state index in [1.807, 2.05) is 29.3 Å². The summed E-state index contributed by atoms with van der Waals surface area (Å²) in [4.78, 5) is 14.7. The van der Waals surface area contributed by atoms with E-state index in [0.29, 0.717) is 6.54 Å². The van der Waals surface area contributed by atoms with E-state index in [4.69, 9.17) is 4.42 Å². The van der Waals surface area contributed by atoms with Crippen LogP contribution in [0.2, 0.25) is 0 Å². The molecule has 100 valence electrons. The summed E-state index contributed by atoms with van der Waals surface area (Å²) in [5.74, 6) is 0.0634. The van der Waals surface area contributed by atoms with Crippen LogP contribution in [-0.4, -0.2) is 22.5 Å². The SMILES string of the molecule is Cc1ccoc1CN1CCc2sccc2C1C(=O)O. The third-order valence-electron chi connectivity index (χ3n) is 3.61. The quantitative estimate of drug-likeness (QED) is 0.937. The number of carbonyl (C=O) groups is 1. The van der Waals surface area contributed by atoms with Gasteiger partial charge in [0.15, 0.2) is 0 Å². The number of aliphatic carboxylic acids is 1. The first-order chi connectivity index (χ1) is 9.16. The molecule has 1 unspecified atom stereocenters. The number of rotatable bonds is 3. The van der Waals surface area contributed by atoms with E-state index in [1.54, 1.807) is 17.6 Å². The molecule has 0 amide bonds. The van der Waals surface area contributed by atoms with Gasteiger partial charge in [-0.25, -0.2) is 0 Å². The molecule has 19 heavy (non-hydrogen) atoms. The topological polar surface area (TPSA) is 53.7 Å². The van der Waals surface area contributed by atoms with Crippen LogP contribution in [0.1, 0.15) is 27.8 Å². The van der Waals surface area contributed by atoms with Crippen molar-refractivity contribution in [2.45, 2.75) is 25.9 Å². The number of furan rings is 1. The van der Waals surface area contributed by atoms with E-state index < -0.39 is 12.0 Å². The van der Waals surface area contributed by atoms with Crippen LogP contribution < -0.4 is 0 Å². The number of nitrogens with zero attached hydrogens (tertiary/aromatic N) is 1. The highest BCUT2D eigenvalue weighted by Gasteiger charge is 2.34. The normalized spacial score (nSPS) is 19.3. The summed E-state index contributed by atoms with van der Waals surface area (Å²) in [6.07, 6.45) is 2.57. The lowest BCUT2D eigenvalue weighted by Gasteiger charge is -2.32. The predicted octanol–water partition coefficient (Wildman–Crippen LogP) is 2.83. The zero-order chi connectivity index (χ0) is 13.4. The van der Waals surface area contributed by atoms with E-state index in [9.17, 15) is 9.90 Å².